The summed E-state index contributed by atoms with van der Waals surface area (Å²) in [6, 6.07) is 2.50. The molecule has 0 amide bonds. The maximum absolute atomic E-state index is 6.38. The molecule has 1 aliphatic carbocycles. The van der Waals surface area contributed by atoms with E-state index >= 15 is 0 Å². The van der Waals surface area contributed by atoms with Crippen LogP contribution >= 0.6 is 22.9 Å². The molecule has 0 bridgehead atoms. The van der Waals surface area contributed by atoms with Crippen molar-refractivity contribution >= 4 is 22.9 Å². The molecular weight excluding hydrogens is 290 g/mol. The molecule has 3 rings (SSSR count). The molecule has 0 fully saturated rings. The molecular formula is C15H20ClN3S. The van der Waals surface area contributed by atoms with E-state index < -0.39 is 0 Å². The Morgan fingerprint density at radius 2 is 2.35 bits per heavy atom. The molecule has 2 aromatic heterocycles. The van der Waals surface area contributed by atoms with Crippen molar-refractivity contribution in [3.63, 3.8) is 0 Å². The molecule has 0 aromatic carbocycles. The summed E-state index contributed by atoms with van der Waals surface area (Å²) in [5, 5.41) is 8.58. The fourth-order valence-electron chi connectivity index (χ4n) is 2.96. The number of aromatic nitrogens is 2. The monoisotopic (exact) mass is 309 g/mol. The Bertz CT molecular complexity index is 581. The lowest BCUT2D eigenvalue weighted by Crippen LogP contribution is -2.21. The highest BCUT2D eigenvalue weighted by Crippen LogP contribution is 2.37. The molecule has 0 saturated heterocycles. The molecule has 0 aliphatic heterocycles. The minimum Gasteiger partial charge on any atom is -0.307 e. The maximum atomic E-state index is 6.38. The number of thiophene rings is 1. The van der Waals surface area contributed by atoms with Crippen molar-refractivity contribution in [3.05, 3.63) is 38.3 Å². The lowest BCUT2D eigenvalue weighted by Gasteiger charge is -2.17. The fraction of sp³-hybridized carbons (Fsp3) is 0.533. The topological polar surface area (TPSA) is 29.9 Å². The summed E-state index contributed by atoms with van der Waals surface area (Å²) in [6.07, 6.45) is 6.59. The average Bonchev–Trinajstić information content (AvgIpc) is 3.09. The van der Waals surface area contributed by atoms with Gasteiger partial charge in [0.15, 0.2) is 0 Å². The number of fused-ring (bicyclic) bond motifs is 1. The van der Waals surface area contributed by atoms with Crippen LogP contribution in [0.3, 0.4) is 0 Å². The van der Waals surface area contributed by atoms with E-state index in [4.69, 9.17) is 11.6 Å². The second kappa shape index (κ2) is 5.88. The third-order valence-corrected chi connectivity index (χ3v) is 5.47. The number of hydrogen-bond acceptors (Lipinski definition) is 3. The minimum atomic E-state index is 0.146. The Morgan fingerprint density at radius 3 is 3.05 bits per heavy atom. The molecule has 20 heavy (non-hydrogen) atoms. The quantitative estimate of drug-likeness (QED) is 0.910. The summed E-state index contributed by atoms with van der Waals surface area (Å²) in [5.74, 6) is 0. The van der Waals surface area contributed by atoms with Crippen molar-refractivity contribution in [2.45, 2.75) is 45.2 Å². The predicted molar refractivity (Wildman–Crippen MR) is 84.8 cm³/mol. The molecule has 2 aromatic rings. The molecule has 0 radical (unpaired) electrons. The van der Waals surface area contributed by atoms with Crippen molar-refractivity contribution in [3.8, 4) is 0 Å². The van der Waals surface area contributed by atoms with Gasteiger partial charge >= 0.3 is 0 Å². The van der Waals surface area contributed by atoms with Gasteiger partial charge in [-0.15, -0.1) is 11.3 Å². The van der Waals surface area contributed by atoms with E-state index in [0.717, 1.165) is 23.7 Å². The molecule has 3 nitrogen and oxygen atoms in total. The number of hydrogen-bond donors (Lipinski definition) is 1. The first-order valence-corrected chi connectivity index (χ1v) is 8.44. The SMILES string of the molecule is CCCn1ncc(Cl)c1C(NC)c1cc2c(s1)CCC2. The molecule has 5 heteroatoms. The van der Waals surface area contributed by atoms with Crippen LogP contribution in [-0.2, 0) is 19.4 Å². The normalized spacial score (nSPS) is 15.6. The van der Waals surface area contributed by atoms with Gasteiger partial charge in [-0.25, -0.2) is 0 Å². The predicted octanol–water partition coefficient (Wildman–Crippen LogP) is 3.81. The van der Waals surface area contributed by atoms with Crippen molar-refractivity contribution in [2.75, 3.05) is 7.05 Å². The lowest BCUT2D eigenvalue weighted by atomic mass is 10.1. The van der Waals surface area contributed by atoms with E-state index in [9.17, 15) is 0 Å². The van der Waals surface area contributed by atoms with Crippen molar-refractivity contribution in [2.24, 2.45) is 0 Å². The summed E-state index contributed by atoms with van der Waals surface area (Å²) in [7, 11) is 2.00. The first kappa shape index (κ1) is 14.1. The van der Waals surface area contributed by atoms with Crippen LogP contribution in [0.25, 0.3) is 0 Å². The molecule has 1 unspecified atom stereocenters. The highest BCUT2D eigenvalue weighted by atomic mass is 35.5. The number of nitrogens with one attached hydrogen (secondary N) is 1. The highest BCUT2D eigenvalue weighted by Gasteiger charge is 2.25. The number of nitrogens with zero attached hydrogens (tertiary/aromatic N) is 2. The second-order valence-electron chi connectivity index (χ2n) is 5.27. The van der Waals surface area contributed by atoms with Crippen molar-refractivity contribution in [1.29, 1.82) is 0 Å². The van der Waals surface area contributed by atoms with E-state index in [1.807, 2.05) is 23.1 Å². The maximum Gasteiger partial charge on any atom is 0.0854 e. The van der Waals surface area contributed by atoms with Gasteiger partial charge in [0.2, 0.25) is 0 Å². The number of halogens is 1. The molecule has 0 spiro atoms. The average molecular weight is 310 g/mol. The zero-order chi connectivity index (χ0) is 14.1. The summed E-state index contributed by atoms with van der Waals surface area (Å²) in [5.41, 5.74) is 2.62. The van der Waals surface area contributed by atoms with Crippen LogP contribution in [0, 0.1) is 0 Å². The number of rotatable bonds is 5. The second-order valence-corrected chi connectivity index (χ2v) is 6.85. The zero-order valence-electron chi connectivity index (χ0n) is 11.9. The third-order valence-electron chi connectivity index (χ3n) is 3.88. The molecule has 1 aliphatic rings. The molecule has 1 N–H and O–H groups in total. The third kappa shape index (κ3) is 2.41. The van der Waals surface area contributed by atoms with Crippen LogP contribution in [0.15, 0.2) is 12.3 Å². The molecule has 2 heterocycles. The molecule has 108 valence electrons. The van der Waals surface area contributed by atoms with Crippen LogP contribution < -0.4 is 5.32 Å². The highest BCUT2D eigenvalue weighted by molar-refractivity contribution is 7.12. The van der Waals surface area contributed by atoms with Gasteiger partial charge in [-0.05, 0) is 44.4 Å². The zero-order valence-corrected chi connectivity index (χ0v) is 13.5. The minimum absolute atomic E-state index is 0.146. The molecule has 1 atom stereocenters. The van der Waals surface area contributed by atoms with Gasteiger partial charge in [0, 0.05) is 16.3 Å². The van der Waals surface area contributed by atoms with E-state index in [2.05, 4.69) is 23.4 Å². The smallest absolute Gasteiger partial charge is 0.0854 e. The lowest BCUT2D eigenvalue weighted by molar-refractivity contribution is 0.537. The standard InChI is InChI=1S/C15H20ClN3S/c1-3-7-19-15(11(16)9-18-19)14(17-2)13-8-10-5-4-6-12(10)20-13/h8-9,14,17H,3-7H2,1-2H3. The van der Waals surface area contributed by atoms with Gasteiger partial charge in [-0.3, -0.25) is 4.68 Å². The summed E-state index contributed by atoms with van der Waals surface area (Å²) >= 11 is 8.31. The van der Waals surface area contributed by atoms with E-state index in [1.54, 1.807) is 11.1 Å². The Morgan fingerprint density at radius 1 is 1.50 bits per heavy atom. The van der Waals surface area contributed by atoms with Gasteiger partial charge in [0.25, 0.3) is 0 Å². The Balaban J connectivity index is 1.98. The van der Waals surface area contributed by atoms with Gasteiger partial charge in [-0.2, -0.15) is 5.10 Å². The van der Waals surface area contributed by atoms with Gasteiger partial charge < -0.3 is 5.32 Å². The van der Waals surface area contributed by atoms with E-state index in [1.165, 1.54) is 29.7 Å². The van der Waals surface area contributed by atoms with E-state index in [0.29, 0.717) is 0 Å². The first-order chi connectivity index (χ1) is 9.74. The summed E-state index contributed by atoms with van der Waals surface area (Å²) < 4.78 is 2.04. The largest absolute Gasteiger partial charge is 0.307 e. The summed E-state index contributed by atoms with van der Waals surface area (Å²) in [4.78, 5) is 2.91. The van der Waals surface area contributed by atoms with Crippen LogP contribution in [0.4, 0.5) is 0 Å². The Hall–Kier alpha value is -0.840. The van der Waals surface area contributed by atoms with Crippen LogP contribution in [0.2, 0.25) is 5.02 Å². The Labute approximate surface area is 129 Å². The Kier molecular flexibility index (Phi) is 4.15. The van der Waals surface area contributed by atoms with Crippen molar-refractivity contribution < 1.29 is 0 Å². The van der Waals surface area contributed by atoms with Crippen LogP contribution in [-0.4, -0.2) is 16.8 Å². The fourth-order valence-corrected chi connectivity index (χ4v) is 4.58. The number of aryl methyl sites for hydroxylation is 3. The van der Waals surface area contributed by atoms with Crippen LogP contribution in [0.1, 0.15) is 46.8 Å². The van der Waals surface area contributed by atoms with Gasteiger partial charge in [0.1, 0.15) is 0 Å². The first-order valence-electron chi connectivity index (χ1n) is 7.24. The van der Waals surface area contributed by atoms with E-state index in [-0.39, 0.29) is 6.04 Å². The van der Waals surface area contributed by atoms with Crippen molar-refractivity contribution in [1.82, 2.24) is 15.1 Å². The summed E-state index contributed by atoms with van der Waals surface area (Å²) in [6.45, 7) is 3.07. The van der Waals surface area contributed by atoms with Gasteiger partial charge in [0.05, 0.1) is 23.0 Å². The van der Waals surface area contributed by atoms with Gasteiger partial charge in [-0.1, -0.05) is 18.5 Å². The molecule has 0 saturated carbocycles. The van der Waals surface area contributed by atoms with Crippen LogP contribution in [0.5, 0.6) is 0 Å².